The van der Waals surface area contributed by atoms with Gasteiger partial charge in [-0.1, -0.05) is 25.1 Å². The Balaban J connectivity index is 2.32. The van der Waals surface area contributed by atoms with Crippen molar-refractivity contribution in [1.82, 2.24) is 13.6 Å². The number of thioether (sulfide) groups is 1. The Labute approximate surface area is 106 Å². The Bertz CT molecular complexity index is 291. The standard InChI is InChI=1S/C10H19N3OS2/c1-4-5-8-15-10-9(11-16-12-10)14-7-6-13(2)3/h4-8H2,1-3H3. The van der Waals surface area contributed by atoms with Crippen LogP contribution in [0.1, 0.15) is 19.8 Å². The molecule has 92 valence electrons. The van der Waals surface area contributed by atoms with Crippen LogP contribution in [-0.4, -0.2) is 46.6 Å². The molecule has 0 spiro atoms. The molecule has 0 atom stereocenters. The third-order valence-corrected chi connectivity index (χ3v) is 3.60. The van der Waals surface area contributed by atoms with Crippen molar-refractivity contribution < 1.29 is 4.74 Å². The maximum atomic E-state index is 5.59. The first-order valence-corrected chi connectivity index (χ1v) is 7.18. The highest BCUT2D eigenvalue weighted by molar-refractivity contribution is 7.99. The molecule has 0 saturated carbocycles. The minimum atomic E-state index is 0.666. The van der Waals surface area contributed by atoms with Crippen LogP contribution in [0.5, 0.6) is 5.88 Å². The van der Waals surface area contributed by atoms with Crippen LogP contribution < -0.4 is 4.74 Å². The van der Waals surface area contributed by atoms with Crippen molar-refractivity contribution in [3.8, 4) is 5.88 Å². The molecule has 0 radical (unpaired) electrons. The Morgan fingerprint density at radius 3 is 2.88 bits per heavy atom. The summed E-state index contributed by atoms with van der Waals surface area (Å²) in [5.41, 5.74) is 0. The number of rotatable bonds is 8. The van der Waals surface area contributed by atoms with Gasteiger partial charge in [-0.15, -0.1) is 4.37 Å². The van der Waals surface area contributed by atoms with Gasteiger partial charge in [-0.3, -0.25) is 0 Å². The smallest absolute Gasteiger partial charge is 0.260 e. The summed E-state index contributed by atoms with van der Waals surface area (Å²) in [6, 6.07) is 0. The molecular formula is C10H19N3OS2. The molecule has 0 N–H and O–H groups in total. The molecule has 4 nitrogen and oxygen atoms in total. The van der Waals surface area contributed by atoms with Crippen LogP contribution in [0.2, 0.25) is 0 Å². The first kappa shape index (κ1) is 13.7. The Hall–Kier alpha value is -0.330. The molecule has 0 aromatic carbocycles. The predicted octanol–water partition coefficient (Wildman–Crippen LogP) is 2.37. The number of ether oxygens (including phenoxy) is 1. The second kappa shape index (κ2) is 7.86. The maximum Gasteiger partial charge on any atom is 0.260 e. The first-order chi connectivity index (χ1) is 7.74. The van der Waals surface area contributed by atoms with Crippen LogP contribution in [0, 0.1) is 0 Å². The summed E-state index contributed by atoms with van der Waals surface area (Å²) < 4.78 is 14.0. The Kier molecular flexibility index (Phi) is 6.75. The largest absolute Gasteiger partial charge is 0.474 e. The fourth-order valence-electron chi connectivity index (χ4n) is 0.987. The van der Waals surface area contributed by atoms with E-state index in [1.165, 1.54) is 24.6 Å². The highest BCUT2D eigenvalue weighted by Crippen LogP contribution is 2.27. The summed E-state index contributed by atoms with van der Waals surface area (Å²) in [7, 11) is 4.05. The van der Waals surface area contributed by atoms with E-state index >= 15 is 0 Å². The van der Waals surface area contributed by atoms with E-state index in [4.69, 9.17) is 4.74 Å². The van der Waals surface area contributed by atoms with Crippen molar-refractivity contribution in [1.29, 1.82) is 0 Å². The van der Waals surface area contributed by atoms with Crippen molar-refractivity contribution in [3.63, 3.8) is 0 Å². The SMILES string of the molecule is CCCCSc1nsnc1OCCN(C)C. The van der Waals surface area contributed by atoms with Gasteiger partial charge in [0.25, 0.3) is 5.88 Å². The summed E-state index contributed by atoms with van der Waals surface area (Å²) in [5.74, 6) is 1.79. The monoisotopic (exact) mass is 261 g/mol. The molecule has 0 aliphatic heterocycles. The molecule has 1 aromatic rings. The van der Waals surface area contributed by atoms with Gasteiger partial charge in [0.2, 0.25) is 0 Å². The van der Waals surface area contributed by atoms with Crippen molar-refractivity contribution >= 4 is 23.5 Å². The second-order valence-corrected chi connectivity index (χ2v) is 5.34. The van der Waals surface area contributed by atoms with Gasteiger partial charge in [0, 0.05) is 6.54 Å². The third-order valence-electron chi connectivity index (χ3n) is 1.94. The number of hydrogen-bond donors (Lipinski definition) is 0. The highest BCUT2D eigenvalue weighted by atomic mass is 32.2. The molecular weight excluding hydrogens is 242 g/mol. The lowest BCUT2D eigenvalue weighted by molar-refractivity contribution is 0.250. The van der Waals surface area contributed by atoms with Crippen LogP contribution in [0.4, 0.5) is 0 Å². The molecule has 1 heterocycles. The normalized spacial score (nSPS) is 11.0. The van der Waals surface area contributed by atoms with Crippen LogP contribution in [-0.2, 0) is 0 Å². The van der Waals surface area contributed by atoms with E-state index in [1.807, 2.05) is 14.1 Å². The molecule has 0 bridgehead atoms. The van der Waals surface area contributed by atoms with E-state index < -0.39 is 0 Å². The fraction of sp³-hybridized carbons (Fsp3) is 0.800. The zero-order chi connectivity index (χ0) is 11.8. The molecule has 0 saturated heterocycles. The van der Waals surface area contributed by atoms with Gasteiger partial charge < -0.3 is 9.64 Å². The number of likely N-dealkylation sites (N-methyl/N-ethyl adjacent to an activating group) is 1. The second-order valence-electron chi connectivity index (χ2n) is 3.73. The van der Waals surface area contributed by atoms with E-state index in [9.17, 15) is 0 Å². The molecule has 16 heavy (non-hydrogen) atoms. The molecule has 0 fully saturated rings. The zero-order valence-electron chi connectivity index (χ0n) is 10.1. The van der Waals surface area contributed by atoms with E-state index in [1.54, 1.807) is 11.8 Å². The summed E-state index contributed by atoms with van der Waals surface area (Å²) in [6.45, 7) is 3.75. The van der Waals surface area contributed by atoms with Crippen molar-refractivity contribution in [2.45, 2.75) is 24.8 Å². The van der Waals surface area contributed by atoms with Gasteiger partial charge >= 0.3 is 0 Å². The number of aromatic nitrogens is 2. The summed E-state index contributed by atoms with van der Waals surface area (Å²) >= 11 is 2.96. The fourth-order valence-corrected chi connectivity index (χ4v) is 2.62. The van der Waals surface area contributed by atoms with Gasteiger partial charge in [0.15, 0.2) is 5.03 Å². The Morgan fingerprint density at radius 1 is 1.38 bits per heavy atom. The minimum Gasteiger partial charge on any atom is -0.474 e. The van der Waals surface area contributed by atoms with Gasteiger partial charge in [0.05, 0.1) is 11.7 Å². The molecule has 1 aromatic heterocycles. The van der Waals surface area contributed by atoms with Gasteiger partial charge in [-0.2, -0.15) is 4.37 Å². The van der Waals surface area contributed by atoms with Crippen LogP contribution in [0.15, 0.2) is 5.03 Å². The van der Waals surface area contributed by atoms with Crippen LogP contribution in [0.25, 0.3) is 0 Å². The molecule has 6 heteroatoms. The lowest BCUT2D eigenvalue weighted by atomic mass is 10.4. The average molecular weight is 261 g/mol. The maximum absolute atomic E-state index is 5.59. The van der Waals surface area contributed by atoms with Gasteiger partial charge in [0.1, 0.15) is 6.61 Å². The minimum absolute atomic E-state index is 0.666. The first-order valence-electron chi connectivity index (χ1n) is 5.47. The zero-order valence-corrected chi connectivity index (χ0v) is 11.7. The quantitative estimate of drug-likeness (QED) is 0.530. The topological polar surface area (TPSA) is 38.3 Å². The molecule has 1 rings (SSSR count). The van der Waals surface area contributed by atoms with Crippen molar-refractivity contribution in [2.75, 3.05) is 33.0 Å². The van der Waals surface area contributed by atoms with E-state index in [-0.39, 0.29) is 0 Å². The molecule has 0 aliphatic carbocycles. The van der Waals surface area contributed by atoms with E-state index in [0.29, 0.717) is 12.5 Å². The van der Waals surface area contributed by atoms with Gasteiger partial charge in [-0.05, 0) is 26.3 Å². The molecule has 0 amide bonds. The number of nitrogens with zero attached hydrogens (tertiary/aromatic N) is 3. The van der Waals surface area contributed by atoms with Crippen molar-refractivity contribution in [3.05, 3.63) is 0 Å². The lowest BCUT2D eigenvalue weighted by Gasteiger charge is -2.09. The lowest BCUT2D eigenvalue weighted by Crippen LogP contribution is -2.19. The molecule has 0 aliphatic rings. The average Bonchev–Trinajstić information content (AvgIpc) is 2.66. The molecule has 0 unspecified atom stereocenters. The highest BCUT2D eigenvalue weighted by Gasteiger charge is 2.09. The van der Waals surface area contributed by atoms with E-state index in [0.717, 1.165) is 17.3 Å². The van der Waals surface area contributed by atoms with Crippen LogP contribution >= 0.6 is 23.5 Å². The predicted molar refractivity (Wildman–Crippen MR) is 69.6 cm³/mol. The van der Waals surface area contributed by atoms with Crippen LogP contribution in [0.3, 0.4) is 0 Å². The van der Waals surface area contributed by atoms with Gasteiger partial charge in [-0.25, -0.2) is 0 Å². The van der Waals surface area contributed by atoms with Crippen molar-refractivity contribution in [2.24, 2.45) is 0 Å². The third kappa shape index (κ3) is 5.14. The summed E-state index contributed by atoms with van der Waals surface area (Å²) in [5, 5.41) is 0.942. The van der Waals surface area contributed by atoms with E-state index in [2.05, 4.69) is 20.6 Å². The summed E-state index contributed by atoms with van der Waals surface area (Å²) in [6.07, 6.45) is 2.42. The Morgan fingerprint density at radius 2 is 2.19 bits per heavy atom. The number of unbranched alkanes of at least 4 members (excludes halogenated alkanes) is 1. The summed E-state index contributed by atoms with van der Waals surface area (Å²) in [4.78, 5) is 2.09. The number of hydrogen-bond acceptors (Lipinski definition) is 6.